The number of nitrogens with zero attached hydrogens (tertiary/aromatic N) is 1. The molecule has 0 amide bonds. The Hall–Kier alpha value is -3.06. The number of carbonyl (C=O) groups is 1. The molecule has 6 nitrogen and oxygen atoms in total. The van der Waals surface area contributed by atoms with E-state index in [0.717, 1.165) is 23.3 Å². The van der Waals surface area contributed by atoms with Crippen LogP contribution >= 0.6 is 11.3 Å². The van der Waals surface area contributed by atoms with Crippen LogP contribution in [0.25, 0.3) is 0 Å². The minimum atomic E-state index is -0.957. The van der Waals surface area contributed by atoms with Crippen molar-refractivity contribution in [2.75, 3.05) is 19.0 Å². The van der Waals surface area contributed by atoms with E-state index >= 15 is 0 Å². The van der Waals surface area contributed by atoms with Crippen LogP contribution < -0.4 is 14.8 Å². The van der Waals surface area contributed by atoms with Crippen molar-refractivity contribution in [3.63, 3.8) is 0 Å². The van der Waals surface area contributed by atoms with Crippen molar-refractivity contribution in [1.29, 1.82) is 0 Å². The molecule has 0 bridgehead atoms. The second kappa shape index (κ2) is 9.23. The Morgan fingerprint density at radius 1 is 1.14 bits per heavy atom. The molecule has 1 aromatic heterocycles. The van der Waals surface area contributed by atoms with Crippen LogP contribution in [0.4, 0.5) is 5.13 Å². The lowest BCUT2D eigenvalue weighted by atomic mass is 10.1. The van der Waals surface area contributed by atoms with Crippen LogP contribution in [-0.2, 0) is 13.0 Å². The molecule has 0 atom stereocenters. The fourth-order valence-corrected chi connectivity index (χ4v) is 3.51. The summed E-state index contributed by atoms with van der Waals surface area (Å²) in [6.07, 6.45) is 0.822. The van der Waals surface area contributed by atoms with Gasteiger partial charge in [-0.2, -0.15) is 0 Å². The van der Waals surface area contributed by atoms with Crippen LogP contribution in [0.1, 0.15) is 26.5 Å². The summed E-state index contributed by atoms with van der Waals surface area (Å²) in [6, 6.07) is 15.9. The zero-order chi connectivity index (χ0) is 19.9. The van der Waals surface area contributed by atoms with Crippen molar-refractivity contribution in [2.45, 2.75) is 19.9 Å². The third-order valence-electron chi connectivity index (χ3n) is 4.15. The third-order valence-corrected chi connectivity index (χ3v) is 5.26. The molecule has 28 heavy (non-hydrogen) atoms. The quantitative estimate of drug-likeness (QED) is 0.556. The van der Waals surface area contributed by atoms with E-state index in [9.17, 15) is 4.79 Å². The van der Waals surface area contributed by atoms with Crippen LogP contribution in [-0.4, -0.2) is 29.8 Å². The zero-order valence-corrected chi connectivity index (χ0v) is 16.6. The maximum Gasteiger partial charge on any atom is 0.347 e. The predicted octanol–water partition coefficient (Wildman–Crippen LogP) is 4.39. The second-order valence-corrected chi connectivity index (χ2v) is 7.16. The van der Waals surface area contributed by atoms with Gasteiger partial charge >= 0.3 is 5.97 Å². The first kappa shape index (κ1) is 19.7. The summed E-state index contributed by atoms with van der Waals surface area (Å²) in [4.78, 5) is 15.6. The van der Waals surface area contributed by atoms with Gasteiger partial charge in [0.25, 0.3) is 0 Å². The van der Waals surface area contributed by atoms with Gasteiger partial charge in [-0.25, -0.2) is 9.78 Å². The number of hydrogen-bond donors (Lipinski definition) is 2. The highest BCUT2D eigenvalue weighted by atomic mass is 32.1. The summed E-state index contributed by atoms with van der Waals surface area (Å²) in [7, 11) is 1.61. The van der Waals surface area contributed by atoms with Gasteiger partial charge in [-0.15, -0.1) is 0 Å². The van der Waals surface area contributed by atoms with Gasteiger partial charge < -0.3 is 19.9 Å². The number of carboxylic acid groups (broad SMARTS) is 1. The number of aromatic carboxylic acids is 1. The van der Waals surface area contributed by atoms with Gasteiger partial charge in [-0.1, -0.05) is 47.7 Å². The first-order valence-electron chi connectivity index (χ1n) is 8.85. The number of ether oxygens (including phenoxy) is 2. The average molecular weight is 398 g/mol. The SMILES string of the molecule is COc1cc(CNc2nc(C)c(C(=O)O)s2)ccc1OCCc1ccccc1. The number of methoxy groups -OCH3 is 1. The average Bonchev–Trinajstić information content (AvgIpc) is 3.08. The maximum atomic E-state index is 11.1. The molecule has 0 spiro atoms. The lowest BCUT2D eigenvalue weighted by Gasteiger charge is -2.12. The number of carboxylic acids is 1. The number of aromatic nitrogens is 1. The predicted molar refractivity (Wildman–Crippen MR) is 110 cm³/mol. The third kappa shape index (κ3) is 5.01. The Balaban J connectivity index is 1.59. The Labute approximate surface area is 167 Å². The topological polar surface area (TPSA) is 80.7 Å². The van der Waals surface area contributed by atoms with Crippen LogP contribution in [0.15, 0.2) is 48.5 Å². The number of thiazole rings is 1. The molecule has 0 aliphatic rings. The van der Waals surface area contributed by atoms with Crippen molar-refractivity contribution >= 4 is 22.4 Å². The molecule has 2 aromatic carbocycles. The summed E-state index contributed by atoms with van der Waals surface area (Å²) in [5, 5.41) is 12.9. The molecule has 3 aromatic rings. The van der Waals surface area contributed by atoms with Crippen molar-refractivity contribution < 1.29 is 19.4 Å². The molecular formula is C21H22N2O4S. The van der Waals surface area contributed by atoms with Gasteiger partial charge in [-0.05, 0) is 30.2 Å². The minimum Gasteiger partial charge on any atom is -0.493 e. The lowest BCUT2D eigenvalue weighted by Crippen LogP contribution is -2.04. The second-order valence-electron chi connectivity index (χ2n) is 6.16. The maximum absolute atomic E-state index is 11.1. The van der Waals surface area contributed by atoms with Crippen LogP contribution in [0.5, 0.6) is 11.5 Å². The number of anilines is 1. The Morgan fingerprint density at radius 2 is 1.93 bits per heavy atom. The summed E-state index contributed by atoms with van der Waals surface area (Å²) in [5.74, 6) is 0.399. The summed E-state index contributed by atoms with van der Waals surface area (Å²) in [6.45, 7) is 2.76. The molecule has 0 fully saturated rings. The molecule has 7 heteroatoms. The van der Waals surface area contributed by atoms with E-state index in [0.29, 0.717) is 35.5 Å². The van der Waals surface area contributed by atoms with E-state index in [-0.39, 0.29) is 4.88 Å². The van der Waals surface area contributed by atoms with E-state index in [1.54, 1.807) is 14.0 Å². The number of benzene rings is 2. The molecule has 146 valence electrons. The molecule has 0 saturated heterocycles. The number of nitrogens with one attached hydrogen (secondary N) is 1. The van der Waals surface area contributed by atoms with Gasteiger partial charge in [-0.3, -0.25) is 0 Å². The van der Waals surface area contributed by atoms with Crippen LogP contribution in [0.3, 0.4) is 0 Å². The first-order valence-corrected chi connectivity index (χ1v) is 9.66. The van der Waals surface area contributed by atoms with Gasteiger partial charge in [0.1, 0.15) is 4.88 Å². The molecule has 0 unspecified atom stereocenters. The molecule has 0 aliphatic carbocycles. The highest BCUT2D eigenvalue weighted by Gasteiger charge is 2.14. The smallest absolute Gasteiger partial charge is 0.347 e. The summed E-state index contributed by atoms with van der Waals surface area (Å²) >= 11 is 1.13. The van der Waals surface area contributed by atoms with Crippen LogP contribution in [0, 0.1) is 6.92 Å². The molecule has 1 heterocycles. The molecular weight excluding hydrogens is 376 g/mol. The van der Waals surface area contributed by atoms with Crippen molar-refractivity contribution in [3.05, 3.63) is 70.2 Å². The van der Waals surface area contributed by atoms with Gasteiger partial charge in [0.05, 0.1) is 19.4 Å². The van der Waals surface area contributed by atoms with E-state index in [2.05, 4.69) is 22.4 Å². The Bertz CT molecular complexity index is 941. The molecule has 0 saturated carbocycles. The zero-order valence-electron chi connectivity index (χ0n) is 15.8. The van der Waals surface area contributed by atoms with Crippen molar-refractivity contribution in [1.82, 2.24) is 4.98 Å². The first-order chi connectivity index (χ1) is 13.6. The minimum absolute atomic E-state index is 0.252. The van der Waals surface area contributed by atoms with E-state index < -0.39 is 5.97 Å². The lowest BCUT2D eigenvalue weighted by molar-refractivity contribution is 0.0701. The van der Waals surface area contributed by atoms with E-state index in [1.807, 2.05) is 36.4 Å². The van der Waals surface area contributed by atoms with Gasteiger partial charge in [0.15, 0.2) is 16.6 Å². The number of aryl methyl sites for hydroxylation is 1. The summed E-state index contributed by atoms with van der Waals surface area (Å²) < 4.78 is 11.3. The van der Waals surface area contributed by atoms with Crippen LogP contribution in [0.2, 0.25) is 0 Å². The van der Waals surface area contributed by atoms with Crippen molar-refractivity contribution in [3.8, 4) is 11.5 Å². The Kier molecular flexibility index (Phi) is 6.49. The van der Waals surface area contributed by atoms with Crippen molar-refractivity contribution in [2.24, 2.45) is 0 Å². The normalized spacial score (nSPS) is 10.5. The highest BCUT2D eigenvalue weighted by molar-refractivity contribution is 7.17. The molecule has 3 rings (SSSR count). The van der Waals surface area contributed by atoms with Gasteiger partial charge in [0, 0.05) is 13.0 Å². The molecule has 2 N–H and O–H groups in total. The standard InChI is InChI=1S/C21H22N2O4S/c1-14-19(20(24)25)28-21(23-14)22-13-16-8-9-17(18(12-16)26-2)27-11-10-15-6-4-3-5-7-15/h3-9,12H,10-11,13H2,1-2H3,(H,22,23)(H,24,25). The molecule has 0 aliphatic heterocycles. The fraction of sp³-hybridized carbons (Fsp3) is 0.238. The monoisotopic (exact) mass is 398 g/mol. The van der Waals surface area contributed by atoms with E-state index in [1.165, 1.54) is 5.56 Å². The number of hydrogen-bond acceptors (Lipinski definition) is 6. The highest BCUT2D eigenvalue weighted by Crippen LogP contribution is 2.29. The van der Waals surface area contributed by atoms with E-state index in [4.69, 9.17) is 14.6 Å². The van der Waals surface area contributed by atoms with Gasteiger partial charge in [0.2, 0.25) is 0 Å². The Morgan fingerprint density at radius 3 is 2.61 bits per heavy atom. The fourth-order valence-electron chi connectivity index (χ4n) is 2.71. The summed E-state index contributed by atoms with van der Waals surface area (Å²) in [5.41, 5.74) is 2.72. The number of rotatable bonds is 9. The largest absolute Gasteiger partial charge is 0.493 e. The molecule has 0 radical (unpaired) electrons.